The van der Waals surface area contributed by atoms with Crippen LogP contribution >= 0.6 is 0 Å². The number of hydrogen-bond acceptors (Lipinski definition) is 5. The Hall–Kier alpha value is -3.42. The van der Waals surface area contributed by atoms with E-state index in [1.165, 1.54) is 56.7 Å². The first-order valence-corrected chi connectivity index (χ1v) is 7.73. The lowest BCUT2D eigenvalue weighted by Gasteiger charge is -2.10. The van der Waals surface area contributed by atoms with E-state index in [0.29, 0.717) is 16.8 Å². The van der Waals surface area contributed by atoms with Crippen molar-refractivity contribution >= 4 is 23.6 Å². The van der Waals surface area contributed by atoms with Crippen LogP contribution in [0.1, 0.15) is 15.9 Å². The minimum atomic E-state index is -2.96. The molecule has 0 saturated carbocycles. The molecule has 0 radical (unpaired) electrons. The molecule has 27 heavy (non-hydrogen) atoms. The van der Waals surface area contributed by atoms with Crippen molar-refractivity contribution in [3.63, 3.8) is 0 Å². The molecular weight excluding hydrogens is 360 g/mol. The number of amides is 1. The van der Waals surface area contributed by atoms with Crippen LogP contribution in [0.5, 0.6) is 11.5 Å². The Kier molecular flexibility index (Phi) is 6.87. The lowest BCUT2D eigenvalue weighted by molar-refractivity contribution is -0.111. The standard InChI is InChI=1S/C19H17F2NO5/c1-25-16-11-12(3-9-15(16)27-19(20)21)4-10-17(23)22-14-7-5-13(6-8-14)18(24)26-2/h3-11,19H,1-2H3,(H,22,23)/b10-4+. The van der Waals surface area contributed by atoms with Gasteiger partial charge in [0.15, 0.2) is 11.5 Å². The Morgan fingerprint density at radius 1 is 1.04 bits per heavy atom. The number of benzene rings is 2. The molecule has 2 aromatic rings. The monoisotopic (exact) mass is 377 g/mol. The second kappa shape index (κ2) is 9.33. The second-order valence-electron chi connectivity index (χ2n) is 5.18. The summed E-state index contributed by atoms with van der Waals surface area (Å²) in [5.41, 5.74) is 1.42. The summed E-state index contributed by atoms with van der Waals surface area (Å²) in [7, 11) is 2.61. The number of carbonyl (C=O) groups excluding carboxylic acids is 2. The van der Waals surface area contributed by atoms with E-state index in [4.69, 9.17) is 4.74 Å². The molecule has 0 aliphatic carbocycles. The molecule has 0 aromatic heterocycles. The van der Waals surface area contributed by atoms with E-state index < -0.39 is 18.5 Å². The molecule has 0 unspecified atom stereocenters. The van der Waals surface area contributed by atoms with Crippen LogP contribution in [0.15, 0.2) is 48.5 Å². The van der Waals surface area contributed by atoms with E-state index >= 15 is 0 Å². The first kappa shape index (κ1) is 19.9. The van der Waals surface area contributed by atoms with E-state index in [1.54, 1.807) is 12.1 Å². The molecule has 8 heteroatoms. The Morgan fingerprint density at radius 2 is 1.74 bits per heavy atom. The Balaban J connectivity index is 2.02. The summed E-state index contributed by atoms with van der Waals surface area (Å²) < 4.78 is 38.6. The highest BCUT2D eigenvalue weighted by molar-refractivity contribution is 6.02. The SMILES string of the molecule is COC(=O)c1ccc(NC(=O)/C=C/c2ccc(OC(F)F)c(OC)c2)cc1. The first-order chi connectivity index (χ1) is 12.9. The number of carbonyl (C=O) groups is 2. The van der Waals surface area contributed by atoms with Gasteiger partial charge in [-0.1, -0.05) is 6.07 Å². The van der Waals surface area contributed by atoms with Gasteiger partial charge in [0.25, 0.3) is 0 Å². The maximum Gasteiger partial charge on any atom is 0.387 e. The molecule has 0 heterocycles. The van der Waals surface area contributed by atoms with Gasteiger partial charge >= 0.3 is 12.6 Å². The van der Waals surface area contributed by atoms with Crippen molar-refractivity contribution in [3.8, 4) is 11.5 Å². The Morgan fingerprint density at radius 3 is 2.33 bits per heavy atom. The fraction of sp³-hybridized carbons (Fsp3) is 0.158. The predicted octanol–water partition coefficient (Wildman–Crippen LogP) is 3.74. The zero-order chi connectivity index (χ0) is 19.8. The maximum atomic E-state index is 12.3. The zero-order valence-corrected chi connectivity index (χ0v) is 14.6. The van der Waals surface area contributed by atoms with Crippen molar-refractivity contribution in [2.75, 3.05) is 19.5 Å². The highest BCUT2D eigenvalue weighted by atomic mass is 19.3. The average Bonchev–Trinajstić information content (AvgIpc) is 2.66. The molecule has 0 spiro atoms. The topological polar surface area (TPSA) is 73.9 Å². The number of halogens is 2. The van der Waals surface area contributed by atoms with E-state index in [2.05, 4.69) is 14.8 Å². The van der Waals surface area contributed by atoms with Crippen LogP contribution in [0, 0.1) is 0 Å². The Labute approximate surface area is 154 Å². The van der Waals surface area contributed by atoms with Gasteiger partial charge in [-0.05, 0) is 48.0 Å². The normalized spacial score (nSPS) is 10.7. The van der Waals surface area contributed by atoms with Crippen LogP contribution in [0.25, 0.3) is 6.08 Å². The molecular formula is C19H17F2NO5. The molecule has 2 aromatic carbocycles. The molecule has 0 aliphatic rings. The van der Waals surface area contributed by atoms with Crippen LogP contribution in [-0.2, 0) is 9.53 Å². The molecule has 142 valence electrons. The van der Waals surface area contributed by atoms with E-state index in [-0.39, 0.29) is 11.5 Å². The summed E-state index contributed by atoms with van der Waals surface area (Å²) in [5.74, 6) is -0.857. The summed E-state index contributed by atoms with van der Waals surface area (Å²) in [6.07, 6.45) is 2.77. The van der Waals surface area contributed by atoms with Gasteiger partial charge in [-0.2, -0.15) is 8.78 Å². The number of hydrogen-bond donors (Lipinski definition) is 1. The molecule has 0 saturated heterocycles. The third kappa shape index (κ3) is 5.81. The fourth-order valence-electron chi connectivity index (χ4n) is 2.14. The van der Waals surface area contributed by atoms with Gasteiger partial charge in [-0.3, -0.25) is 4.79 Å². The van der Waals surface area contributed by atoms with Gasteiger partial charge in [0.2, 0.25) is 5.91 Å². The number of anilines is 1. The molecule has 0 atom stereocenters. The van der Waals surface area contributed by atoms with Crippen LogP contribution in [0.4, 0.5) is 14.5 Å². The van der Waals surface area contributed by atoms with Crippen molar-refractivity contribution in [1.82, 2.24) is 0 Å². The van der Waals surface area contributed by atoms with Crippen molar-refractivity contribution in [1.29, 1.82) is 0 Å². The number of nitrogens with one attached hydrogen (secondary N) is 1. The highest BCUT2D eigenvalue weighted by Gasteiger charge is 2.10. The summed E-state index contributed by atoms with van der Waals surface area (Å²) >= 11 is 0. The number of ether oxygens (including phenoxy) is 3. The van der Waals surface area contributed by atoms with Gasteiger partial charge in [-0.25, -0.2) is 4.79 Å². The van der Waals surface area contributed by atoms with Gasteiger partial charge in [-0.15, -0.1) is 0 Å². The lowest BCUT2D eigenvalue weighted by atomic mass is 10.2. The van der Waals surface area contributed by atoms with Crippen LogP contribution in [0.3, 0.4) is 0 Å². The molecule has 0 aliphatic heterocycles. The molecule has 2 rings (SSSR count). The van der Waals surface area contributed by atoms with Crippen molar-refractivity contribution in [3.05, 3.63) is 59.7 Å². The number of methoxy groups -OCH3 is 2. The van der Waals surface area contributed by atoms with E-state index in [0.717, 1.165) is 0 Å². The van der Waals surface area contributed by atoms with Crippen molar-refractivity contribution in [2.45, 2.75) is 6.61 Å². The maximum absolute atomic E-state index is 12.3. The molecule has 6 nitrogen and oxygen atoms in total. The Bertz CT molecular complexity index is 834. The second-order valence-corrected chi connectivity index (χ2v) is 5.18. The first-order valence-electron chi connectivity index (χ1n) is 7.73. The molecule has 0 fully saturated rings. The number of rotatable bonds is 7. The average molecular weight is 377 g/mol. The third-order valence-electron chi connectivity index (χ3n) is 3.40. The van der Waals surface area contributed by atoms with Gasteiger partial charge < -0.3 is 19.5 Å². The number of esters is 1. The molecule has 1 N–H and O–H groups in total. The minimum absolute atomic E-state index is 0.0974. The van der Waals surface area contributed by atoms with E-state index in [1.807, 2.05) is 0 Å². The van der Waals surface area contributed by atoms with Crippen LogP contribution < -0.4 is 14.8 Å². The highest BCUT2D eigenvalue weighted by Crippen LogP contribution is 2.29. The van der Waals surface area contributed by atoms with Crippen LogP contribution in [-0.4, -0.2) is 32.7 Å². The van der Waals surface area contributed by atoms with E-state index in [9.17, 15) is 18.4 Å². The lowest BCUT2D eigenvalue weighted by Crippen LogP contribution is -2.08. The van der Waals surface area contributed by atoms with Crippen molar-refractivity contribution < 1.29 is 32.6 Å². The van der Waals surface area contributed by atoms with Crippen molar-refractivity contribution in [2.24, 2.45) is 0 Å². The largest absolute Gasteiger partial charge is 0.493 e. The molecule has 0 bridgehead atoms. The number of alkyl halides is 2. The fourth-order valence-corrected chi connectivity index (χ4v) is 2.14. The quantitative estimate of drug-likeness (QED) is 0.588. The predicted molar refractivity (Wildman–Crippen MR) is 95.1 cm³/mol. The van der Waals surface area contributed by atoms with Gasteiger partial charge in [0, 0.05) is 11.8 Å². The van der Waals surface area contributed by atoms with Gasteiger partial charge in [0.05, 0.1) is 19.8 Å². The third-order valence-corrected chi connectivity index (χ3v) is 3.40. The summed E-state index contributed by atoms with van der Waals surface area (Å²) in [6, 6.07) is 10.5. The summed E-state index contributed by atoms with van der Waals surface area (Å²) in [6.45, 7) is -2.96. The smallest absolute Gasteiger partial charge is 0.387 e. The molecule has 1 amide bonds. The zero-order valence-electron chi connectivity index (χ0n) is 14.6. The van der Waals surface area contributed by atoms with Gasteiger partial charge in [0.1, 0.15) is 0 Å². The summed E-state index contributed by atoms with van der Waals surface area (Å²) in [4.78, 5) is 23.3. The summed E-state index contributed by atoms with van der Waals surface area (Å²) in [5, 5.41) is 2.63. The minimum Gasteiger partial charge on any atom is -0.493 e. The van der Waals surface area contributed by atoms with Crippen LogP contribution in [0.2, 0.25) is 0 Å².